The smallest absolute Gasteiger partial charge is 0.242 e. The number of carbonyl (C=O) groups is 1. The van der Waals surface area contributed by atoms with Crippen molar-refractivity contribution in [2.24, 2.45) is 0 Å². The van der Waals surface area contributed by atoms with E-state index in [9.17, 15) is 9.18 Å². The van der Waals surface area contributed by atoms with E-state index < -0.39 is 0 Å². The number of rotatable bonds is 4. The van der Waals surface area contributed by atoms with Crippen molar-refractivity contribution >= 4 is 45.5 Å². The number of nitrogens with two attached hydrogens (primary N) is 1. The molecule has 1 heterocycles. The minimum Gasteiger partial charge on any atom is -0.369 e. The number of nitrogen functional groups attached to an aromatic ring is 1. The number of likely N-dealkylation sites (N-methyl/N-ethyl adjacent to an activating group) is 1. The molecule has 108 valence electrons. The highest BCUT2D eigenvalue weighted by Gasteiger charge is 2.16. The molecule has 0 aliphatic rings. The zero-order valence-electron chi connectivity index (χ0n) is 11.4. The summed E-state index contributed by atoms with van der Waals surface area (Å²) >= 11 is 1.90. The van der Waals surface area contributed by atoms with E-state index in [4.69, 9.17) is 5.73 Å². The number of benzene rings is 1. The fourth-order valence-corrected chi connectivity index (χ4v) is 2.57. The van der Waals surface area contributed by atoms with Crippen molar-refractivity contribution in [2.45, 2.75) is 20.4 Å². The number of hydrogen-bond acceptors (Lipinski definition) is 3. The molecule has 0 spiro atoms. The Morgan fingerprint density at radius 2 is 2.10 bits per heavy atom. The van der Waals surface area contributed by atoms with Crippen molar-refractivity contribution in [3.63, 3.8) is 0 Å². The van der Waals surface area contributed by atoms with Crippen molar-refractivity contribution < 1.29 is 9.18 Å². The zero-order valence-corrected chi connectivity index (χ0v) is 13.5. The van der Waals surface area contributed by atoms with Gasteiger partial charge in [-0.3, -0.25) is 4.79 Å². The van der Waals surface area contributed by atoms with E-state index in [0.717, 1.165) is 0 Å². The Labute approximate surface area is 130 Å². The molecule has 0 unspecified atom stereocenters. The number of imidazole rings is 1. The number of anilines is 1. The number of amides is 1. The average Bonchev–Trinajstić information content (AvgIpc) is 2.68. The van der Waals surface area contributed by atoms with Crippen LogP contribution in [0.15, 0.2) is 12.1 Å². The monoisotopic (exact) mass is 390 g/mol. The van der Waals surface area contributed by atoms with Gasteiger partial charge in [0.2, 0.25) is 11.9 Å². The van der Waals surface area contributed by atoms with E-state index in [1.54, 1.807) is 15.5 Å². The summed E-state index contributed by atoms with van der Waals surface area (Å²) in [5.74, 6) is -0.170. The summed E-state index contributed by atoms with van der Waals surface area (Å²) in [6, 6.07) is 3.00. The van der Waals surface area contributed by atoms with Gasteiger partial charge >= 0.3 is 0 Å². The van der Waals surface area contributed by atoms with E-state index in [2.05, 4.69) is 4.98 Å². The Hall–Kier alpha value is -1.38. The van der Waals surface area contributed by atoms with Crippen LogP contribution in [0.25, 0.3) is 11.0 Å². The van der Waals surface area contributed by atoms with Crippen LogP contribution >= 0.6 is 22.6 Å². The topological polar surface area (TPSA) is 64.2 Å². The molecular formula is C13H16FIN4O. The van der Waals surface area contributed by atoms with Gasteiger partial charge in [-0.25, -0.2) is 9.37 Å². The quantitative estimate of drug-likeness (QED) is 0.815. The number of halogens is 2. The van der Waals surface area contributed by atoms with Gasteiger partial charge < -0.3 is 15.2 Å². The summed E-state index contributed by atoms with van der Waals surface area (Å²) < 4.78 is 15.7. The summed E-state index contributed by atoms with van der Waals surface area (Å²) in [6.07, 6.45) is 0. The standard InChI is InChI=1S/C13H16FIN4O/c1-3-18(4-2)12(20)7-19-11-5-8(14)9(15)6-10(11)17-13(19)16/h5-6H,3-4,7H2,1-2H3,(H2,16,17). The number of nitrogens with zero attached hydrogens (tertiary/aromatic N) is 3. The molecule has 0 atom stereocenters. The van der Waals surface area contributed by atoms with E-state index in [1.165, 1.54) is 6.07 Å². The van der Waals surface area contributed by atoms with E-state index in [-0.39, 0.29) is 24.2 Å². The lowest BCUT2D eigenvalue weighted by atomic mass is 10.3. The van der Waals surface area contributed by atoms with Gasteiger partial charge in [0.15, 0.2) is 0 Å². The van der Waals surface area contributed by atoms with Crippen LogP contribution < -0.4 is 5.73 Å². The van der Waals surface area contributed by atoms with E-state index >= 15 is 0 Å². The molecule has 0 aliphatic heterocycles. The molecule has 1 amide bonds. The minimum absolute atomic E-state index is 0.0556. The number of fused-ring (bicyclic) bond motifs is 1. The number of aromatic nitrogens is 2. The van der Waals surface area contributed by atoms with Gasteiger partial charge in [-0.05, 0) is 42.5 Å². The van der Waals surface area contributed by atoms with Gasteiger partial charge in [0.1, 0.15) is 12.4 Å². The molecule has 7 heteroatoms. The van der Waals surface area contributed by atoms with Gasteiger partial charge in [0.05, 0.1) is 14.6 Å². The van der Waals surface area contributed by atoms with Gasteiger partial charge in [0, 0.05) is 19.2 Å². The predicted molar refractivity (Wildman–Crippen MR) is 84.7 cm³/mol. The molecule has 0 saturated heterocycles. The Bertz CT molecular complexity index is 651. The summed E-state index contributed by atoms with van der Waals surface area (Å²) in [6.45, 7) is 5.17. The molecule has 1 aromatic heterocycles. The summed E-state index contributed by atoms with van der Waals surface area (Å²) in [4.78, 5) is 18.0. The Morgan fingerprint density at radius 1 is 1.45 bits per heavy atom. The third-order valence-corrected chi connectivity index (χ3v) is 4.06. The first-order valence-corrected chi connectivity index (χ1v) is 7.44. The maximum absolute atomic E-state index is 13.7. The van der Waals surface area contributed by atoms with E-state index in [1.807, 2.05) is 36.4 Å². The average molecular weight is 390 g/mol. The van der Waals surface area contributed by atoms with Crippen molar-refractivity contribution in [1.29, 1.82) is 0 Å². The molecule has 2 N–H and O–H groups in total. The highest BCUT2D eigenvalue weighted by molar-refractivity contribution is 14.1. The van der Waals surface area contributed by atoms with Crippen LogP contribution in [-0.2, 0) is 11.3 Å². The van der Waals surface area contributed by atoms with Gasteiger partial charge in [-0.1, -0.05) is 0 Å². The summed E-state index contributed by atoms with van der Waals surface area (Å²) in [5.41, 5.74) is 6.98. The third kappa shape index (κ3) is 2.72. The Kier molecular flexibility index (Phi) is 4.46. The van der Waals surface area contributed by atoms with Crippen LogP contribution in [0.1, 0.15) is 13.8 Å². The minimum atomic E-state index is -0.338. The van der Waals surface area contributed by atoms with Crippen LogP contribution in [0.3, 0.4) is 0 Å². The molecule has 0 fully saturated rings. The zero-order chi connectivity index (χ0) is 14.9. The molecule has 0 radical (unpaired) electrons. The highest BCUT2D eigenvalue weighted by atomic mass is 127. The molecule has 2 aromatic rings. The first-order valence-electron chi connectivity index (χ1n) is 6.36. The lowest BCUT2D eigenvalue weighted by Gasteiger charge is -2.19. The van der Waals surface area contributed by atoms with Gasteiger partial charge in [0.25, 0.3) is 0 Å². The predicted octanol–water partition coefficient (Wildman–Crippen LogP) is 2.23. The molecule has 5 nitrogen and oxygen atoms in total. The molecule has 0 bridgehead atoms. The fraction of sp³-hybridized carbons (Fsp3) is 0.385. The SMILES string of the molecule is CCN(CC)C(=O)Cn1c(N)nc2cc(I)c(F)cc21. The van der Waals surface area contributed by atoms with Crippen molar-refractivity contribution in [2.75, 3.05) is 18.8 Å². The van der Waals surface area contributed by atoms with Crippen LogP contribution in [-0.4, -0.2) is 33.4 Å². The lowest BCUT2D eigenvalue weighted by molar-refractivity contribution is -0.131. The molecule has 20 heavy (non-hydrogen) atoms. The van der Waals surface area contributed by atoms with Crippen LogP contribution in [0.2, 0.25) is 0 Å². The van der Waals surface area contributed by atoms with Crippen LogP contribution in [0.4, 0.5) is 10.3 Å². The maximum Gasteiger partial charge on any atom is 0.242 e. The van der Waals surface area contributed by atoms with Crippen molar-refractivity contribution in [3.05, 3.63) is 21.5 Å². The van der Waals surface area contributed by atoms with Crippen LogP contribution in [0, 0.1) is 9.39 Å². The second-order valence-corrected chi connectivity index (χ2v) is 5.54. The van der Waals surface area contributed by atoms with E-state index in [0.29, 0.717) is 27.7 Å². The number of hydrogen-bond donors (Lipinski definition) is 1. The summed E-state index contributed by atoms with van der Waals surface area (Å²) in [7, 11) is 0. The first-order chi connectivity index (χ1) is 9.47. The first kappa shape index (κ1) is 15.0. The fourth-order valence-electron chi connectivity index (χ4n) is 2.12. The van der Waals surface area contributed by atoms with Crippen molar-refractivity contribution in [1.82, 2.24) is 14.5 Å². The second-order valence-electron chi connectivity index (χ2n) is 4.38. The lowest BCUT2D eigenvalue weighted by Crippen LogP contribution is -2.33. The maximum atomic E-state index is 13.7. The Balaban J connectivity index is 2.41. The highest BCUT2D eigenvalue weighted by Crippen LogP contribution is 2.23. The second kappa shape index (κ2) is 5.94. The number of carbonyl (C=O) groups excluding carboxylic acids is 1. The normalized spacial score (nSPS) is 11.0. The Morgan fingerprint density at radius 3 is 2.70 bits per heavy atom. The van der Waals surface area contributed by atoms with Crippen LogP contribution in [0.5, 0.6) is 0 Å². The summed E-state index contributed by atoms with van der Waals surface area (Å²) in [5, 5.41) is 0. The van der Waals surface area contributed by atoms with Crippen molar-refractivity contribution in [3.8, 4) is 0 Å². The molecule has 1 aromatic carbocycles. The molecule has 2 rings (SSSR count). The largest absolute Gasteiger partial charge is 0.369 e. The molecule has 0 saturated carbocycles. The molecule has 0 aliphatic carbocycles. The third-order valence-electron chi connectivity index (χ3n) is 3.23. The molecular weight excluding hydrogens is 374 g/mol. The van der Waals surface area contributed by atoms with Gasteiger partial charge in [-0.2, -0.15) is 0 Å². The van der Waals surface area contributed by atoms with Gasteiger partial charge in [-0.15, -0.1) is 0 Å².